The largest absolute Gasteiger partial charge is 0.494 e. The van der Waals surface area contributed by atoms with E-state index >= 15 is 0 Å². The first-order valence-corrected chi connectivity index (χ1v) is 6.81. The zero-order valence-electron chi connectivity index (χ0n) is 12.4. The molecule has 0 amide bonds. The van der Waals surface area contributed by atoms with Crippen LogP contribution in [0.4, 0.5) is 21.7 Å². The molecule has 1 aromatic heterocycles. The second kappa shape index (κ2) is 6.88. The molecule has 0 saturated heterocycles. The van der Waals surface area contributed by atoms with Crippen molar-refractivity contribution >= 4 is 17.3 Å². The van der Waals surface area contributed by atoms with Gasteiger partial charge >= 0.3 is 0 Å². The summed E-state index contributed by atoms with van der Waals surface area (Å²) in [7, 11) is 1.44. The summed E-state index contributed by atoms with van der Waals surface area (Å²) >= 11 is 0. The molecular weight excluding hydrogens is 271 g/mol. The minimum Gasteiger partial charge on any atom is -0.494 e. The normalized spacial score (nSPS) is 10.3. The molecule has 0 fully saturated rings. The van der Waals surface area contributed by atoms with Crippen molar-refractivity contribution < 1.29 is 9.13 Å². The number of ether oxygens (including phenoxy) is 1. The van der Waals surface area contributed by atoms with Crippen LogP contribution in [0.25, 0.3) is 0 Å². The Hall–Kier alpha value is -2.37. The minimum atomic E-state index is -0.396. The average molecular weight is 290 g/mol. The monoisotopic (exact) mass is 290 g/mol. The Morgan fingerprint density at radius 1 is 1.24 bits per heavy atom. The number of hydrogen-bond acceptors (Lipinski definition) is 5. The molecule has 0 aliphatic heterocycles. The Balaban J connectivity index is 2.23. The number of halogens is 1. The van der Waals surface area contributed by atoms with Gasteiger partial charge in [-0.3, -0.25) is 0 Å². The van der Waals surface area contributed by atoms with E-state index in [1.807, 2.05) is 6.92 Å². The van der Waals surface area contributed by atoms with E-state index < -0.39 is 5.82 Å². The lowest BCUT2D eigenvalue weighted by molar-refractivity contribution is 0.387. The van der Waals surface area contributed by atoms with Gasteiger partial charge in [0.1, 0.15) is 18.0 Å². The summed E-state index contributed by atoms with van der Waals surface area (Å²) in [6.07, 6.45) is 2.51. The predicted molar refractivity (Wildman–Crippen MR) is 81.8 cm³/mol. The van der Waals surface area contributed by atoms with Gasteiger partial charge in [0.25, 0.3) is 0 Å². The number of hydrogen-bond donors (Lipinski definition) is 2. The van der Waals surface area contributed by atoms with Crippen molar-refractivity contribution in [1.82, 2.24) is 9.97 Å². The van der Waals surface area contributed by atoms with Crippen LogP contribution < -0.4 is 15.4 Å². The number of nitrogens with zero attached hydrogens (tertiary/aromatic N) is 2. The van der Waals surface area contributed by atoms with E-state index in [0.717, 1.165) is 24.3 Å². The van der Waals surface area contributed by atoms with E-state index in [1.54, 1.807) is 12.1 Å². The standard InChI is InChI=1S/C15H19FN4O/c1-4-7-17-14-10(2)15(19-9-18-14)20-11-5-6-12(16)13(8-11)21-3/h5-6,8-9H,4,7H2,1-3H3,(H2,17,18,19,20). The summed E-state index contributed by atoms with van der Waals surface area (Å²) in [6.45, 7) is 4.87. The van der Waals surface area contributed by atoms with E-state index in [-0.39, 0.29) is 5.75 Å². The molecule has 0 unspecified atom stereocenters. The number of rotatable bonds is 6. The Kier molecular flexibility index (Phi) is 4.92. The summed E-state index contributed by atoms with van der Waals surface area (Å²) < 4.78 is 18.4. The van der Waals surface area contributed by atoms with Gasteiger partial charge in [0.15, 0.2) is 11.6 Å². The van der Waals surface area contributed by atoms with Crippen molar-refractivity contribution in [3.8, 4) is 5.75 Å². The molecule has 0 atom stereocenters. The molecule has 0 saturated carbocycles. The van der Waals surface area contributed by atoms with Gasteiger partial charge in [-0.2, -0.15) is 0 Å². The van der Waals surface area contributed by atoms with Crippen molar-refractivity contribution in [1.29, 1.82) is 0 Å². The van der Waals surface area contributed by atoms with Gasteiger partial charge in [-0.1, -0.05) is 6.92 Å². The van der Waals surface area contributed by atoms with Crippen molar-refractivity contribution in [2.24, 2.45) is 0 Å². The van der Waals surface area contributed by atoms with Crippen LogP contribution in [0.1, 0.15) is 18.9 Å². The van der Waals surface area contributed by atoms with E-state index in [0.29, 0.717) is 11.5 Å². The van der Waals surface area contributed by atoms with E-state index in [9.17, 15) is 4.39 Å². The van der Waals surface area contributed by atoms with Crippen molar-refractivity contribution in [3.05, 3.63) is 35.9 Å². The molecule has 2 rings (SSSR count). The van der Waals surface area contributed by atoms with E-state index in [1.165, 1.54) is 19.5 Å². The zero-order valence-corrected chi connectivity index (χ0v) is 12.4. The zero-order chi connectivity index (χ0) is 15.2. The van der Waals surface area contributed by atoms with Crippen LogP contribution in [-0.4, -0.2) is 23.6 Å². The van der Waals surface area contributed by atoms with Crippen molar-refractivity contribution in [2.75, 3.05) is 24.3 Å². The maximum atomic E-state index is 13.4. The lowest BCUT2D eigenvalue weighted by Crippen LogP contribution is -2.07. The fraction of sp³-hybridized carbons (Fsp3) is 0.333. The van der Waals surface area contributed by atoms with Gasteiger partial charge in [-0.25, -0.2) is 14.4 Å². The van der Waals surface area contributed by atoms with Crippen LogP contribution in [0.15, 0.2) is 24.5 Å². The number of benzene rings is 1. The maximum absolute atomic E-state index is 13.4. The number of methoxy groups -OCH3 is 1. The number of nitrogens with one attached hydrogen (secondary N) is 2. The van der Waals surface area contributed by atoms with Gasteiger partial charge in [0, 0.05) is 23.9 Å². The second-order valence-corrected chi connectivity index (χ2v) is 4.60. The molecule has 0 aliphatic carbocycles. The minimum absolute atomic E-state index is 0.191. The van der Waals surface area contributed by atoms with E-state index in [4.69, 9.17) is 4.74 Å². The van der Waals surface area contributed by atoms with Gasteiger partial charge in [-0.05, 0) is 25.5 Å². The lowest BCUT2D eigenvalue weighted by atomic mass is 10.2. The third-order valence-electron chi connectivity index (χ3n) is 3.04. The fourth-order valence-corrected chi connectivity index (χ4v) is 1.87. The van der Waals surface area contributed by atoms with Crippen LogP contribution in [0.2, 0.25) is 0 Å². The molecule has 0 spiro atoms. The Labute approximate surface area is 123 Å². The lowest BCUT2D eigenvalue weighted by Gasteiger charge is -2.13. The Bertz CT molecular complexity index is 619. The van der Waals surface area contributed by atoms with Crippen LogP contribution >= 0.6 is 0 Å². The molecule has 5 nitrogen and oxygen atoms in total. The summed E-state index contributed by atoms with van der Waals surface area (Å²) in [4.78, 5) is 8.44. The average Bonchev–Trinajstić information content (AvgIpc) is 2.50. The van der Waals surface area contributed by atoms with E-state index in [2.05, 4.69) is 27.5 Å². The van der Waals surface area contributed by atoms with Crippen LogP contribution in [-0.2, 0) is 0 Å². The van der Waals surface area contributed by atoms with Crippen LogP contribution in [0.5, 0.6) is 5.75 Å². The van der Waals surface area contributed by atoms with Gasteiger partial charge in [-0.15, -0.1) is 0 Å². The van der Waals surface area contributed by atoms with Crippen LogP contribution in [0, 0.1) is 12.7 Å². The quantitative estimate of drug-likeness (QED) is 0.852. The molecule has 0 radical (unpaired) electrons. The molecule has 0 bridgehead atoms. The highest BCUT2D eigenvalue weighted by atomic mass is 19.1. The molecular formula is C15H19FN4O. The molecule has 2 aromatic rings. The summed E-state index contributed by atoms with van der Waals surface area (Å²) in [5, 5.41) is 6.40. The SMILES string of the molecule is CCCNc1ncnc(Nc2ccc(F)c(OC)c2)c1C. The molecule has 6 heteroatoms. The molecule has 1 heterocycles. The van der Waals surface area contributed by atoms with Gasteiger partial charge in [0.2, 0.25) is 0 Å². The first-order chi connectivity index (χ1) is 10.2. The summed E-state index contributed by atoms with van der Waals surface area (Å²) in [5.74, 6) is 1.27. The van der Waals surface area contributed by atoms with Gasteiger partial charge in [0.05, 0.1) is 7.11 Å². The smallest absolute Gasteiger partial charge is 0.165 e. The molecule has 112 valence electrons. The third kappa shape index (κ3) is 3.59. The highest BCUT2D eigenvalue weighted by molar-refractivity contribution is 5.65. The van der Waals surface area contributed by atoms with Crippen molar-refractivity contribution in [2.45, 2.75) is 20.3 Å². The van der Waals surface area contributed by atoms with Gasteiger partial charge < -0.3 is 15.4 Å². The molecule has 2 N–H and O–H groups in total. The van der Waals surface area contributed by atoms with Crippen molar-refractivity contribution in [3.63, 3.8) is 0 Å². The highest BCUT2D eigenvalue weighted by Crippen LogP contribution is 2.26. The molecule has 0 aliphatic rings. The highest BCUT2D eigenvalue weighted by Gasteiger charge is 2.08. The second-order valence-electron chi connectivity index (χ2n) is 4.60. The fourth-order valence-electron chi connectivity index (χ4n) is 1.87. The number of anilines is 3. The third-order valence-corrected chi connectivity index (χ3v) is 3.04. The van der Waals surface area contributed by atoms with Crippen LogP contribution in [0.3, 0.4) is 0 Å². The summed E-state index contributed by atoms with van der Waals surface area (Å²) in [6, 6.07) is 4.59. The molecule has 21 heavy (non-hydrogen) atoms. The Morgan fingerprint density at radius 3 is 2.71 bits per heavy atom. The Morgan fingerprint density at radius 2 is 2.00 bits per heavy atom. The molecule has 1 aromatic carbocycles. The number of aromatic nitrogens is 2. The first-order valence-electron chi connectivity index (χ1n) is 6.81. The summed E-state index contributed by atoms with van der Waals surface area (Å²) in [5.41, 5.74) is 1.62. The predicted octanol–water partition coefficient (Wildman–Crippen LogP) is 3.50. The maximum Gasteiger partial charge on any atom is 0.165 e. The topological polar surface area (TPSA) is 59.1 Å². The first kappa shape index (κ1) is 15.0.